The number of hydrogen-bond donors (Lipinski definition) is 4. The number of thioether (sulfide) groups is 1. The van der Waals surface area contributed by atoms with Crippen LogP contribution in [0, 0.1) is 0 Å². The number of carbonyl (C=O) groups excluding carboxylic acids is 1. The van der Waals surface area contributed by atoms with Crippen molar-refractivity contribution in [1.29, 1.82) is 0 Å². The van der Waals surface area contributed by atoms with Gasteiger partial charge in [0.2, 0.25) is 5.75 Å². The van der Waals surface area contributed by atoms with Crippen molar-refractivity contribution < 1.29 is 19.0 Å². The van der Waals surface area contributed by atoms with Gasteiger partial charge in [-0.2, -0.15) is 0 Å². The molecule has 2 amide bonds. The molecule has 0 bridgehead atoms. The largest absolute Gasteiger partial charge is 0.493 e. The number of anilines is 3. The molecule has 1 aliphatic rings. The second-order valence-electron chi connectivity index (χ2n) is 7.82. The summed E-state index contributed by atoms with van der Waals surface area (Å²) in [5, 5.41) is 14.5. The Morgan fingerprint density at radius 2 is 1.55 bits per heavy atom. The van der Waals surface area contributed by atoms with Crippen LogP contribution in [-0.2, 0) is 0 Å². The lowest BCUT2D eigenvalue weighted by Gasteiger charge is -2.17. The molecule has 0 fully saturated rings. The Hall–Kier alpha value is -4.31. The van der Waals surface area contributed by atoms with E-state index in [0.29, 0.717) is 28.6 Å². The molecule has 0 spiro atoms. The third-order valence-electron chi connectivity index (χ3n) is 5.26. The maximum Gasteiger partial charge on any atom is 0.323 e. The van der Waals surface area contributed by atoms with Crippen molar-refractivity contribution in [1.82, 2.24) is 10.3 Å². The maximum atomic E-state index is 12.6. The zero-order chi connectivity index (χ0) is 29.3. The molecule has 2 heterocycles. The van der Waals surface area contributed by atoms with E-state index in [0.717, 1.165) is 16.9 Å². The van der Waals surface area contributed by atoms with Gasteiger partial charge in [0.15, 0.2) is 11.5 Å². The second-order valence-corrected chi connectivity index (χ2v) is 8.80. The number of benzene rings is 2. The van der Waals surface area contributed by atoms with Gasteiger partial charge in [-0.05, 0) is 49.6 Å². The highest BCUT2D eigenvalue weighted by Gasteiger charge is 2.18. The minimum atomic E-state index is -0.402. The molecule has 3 aromatic rings. The van der Waals surface area contributed by atoms with Crippen LogP contribution in [0.1, 0.15) is 33.3 Å². The van der Waals surface area contributed by atoms with Gasteiger partial charge in [0.1, 0.15) is 5.50 Å². The molecule has 4 rings (SSSR count). The lowest BCUT2D eigenvalue weighted by molar-refractivity contribution is 0.262. The van der Waals surface area contributed by atoms with Crippen molar-refractivity contribution in [3.05, 3.63) is 84.0 Å². The fraction of sp³-hybridized carbons (Fsp3) is 0.267. The van der Waals surface area contributed by atoms with E-state index in [2.05, 4.69) is 31.7 Å². The van der Waals surface area contributed by atoms with Gasteiger partial charge < -0.3 is 35.5 Å². The molecule has 0 saturated carbocycles. The van der Waals surface area contributed by atoms with Gasteiger partial charge >= 0.3 is 6.03 Å². The van der Waals surface area contributed by atoms with Gasteiger partial charge in [-0.1, -0.05) is 43.8 Å². The Kier molecular flexibility index (Phi) is 13.8. The van der Waals surface area contributed by atoms with Crippen molar-refractivity contribution >= 4 is 40.6 Å². The van der Waals surface area contributed by atoms with Gasteiger partial charge in [-0.25, -0.2) is 4.79 Å². The summed E-state index contributed by atoms with van der Waals surface area (Å²) in [5.74, 6) is 1.35. The molecule has 9 nitrogen and oxygen atoms in total. The summed E-state index contributed by atoms with van der Waals surface area (Å²) < 4.78 is 16.0. The van der Waals surface area contributed by atoms with Crippen LogP contribution in [0.15, 0.2) is 78.5 Å². The molecular formula is C30H39N5O4S. The van der Waals surface area contributed by atoms with Crippen LogP contribution in [0.25, 0.3) is 5.70 Å². The molecule has 1 aliphatic heterocycles. The maximum absolute atomic E-state index is 12.6. The molecule has 1 unspecified atom stereocenters. The molecule has 214 valence electrons. The van der Waals surface area contributed by atoms with E-state index in [1.165, 1.54) is 21.3 Å². The molecule has 2 aromatic carbocycles. The fourth-order valence-electron chi connectivity index (χ4n) is 3.37. The zero-order valence-electron chi connectivity index (χ0n) is 24.1. The third kappa shape index (κ3) is 9.46. The van der Waals surface area contributed by atoms with Crippen LogP contribution < -0.4 is 35.5 Å². The van der Waals surface area contributed by atoms with Crippen LogP contribution in [0.2, 0.25) is 0 Å². The van der Waals surface area contributed by atoms with E-state index in [1.807, 2.05) is 82.4 Å². The van der Waals surface area contributed by atoms with Crippen molar-refractivity contribution in [2.75, 3.05) is 37.3 Å². The summed E-state index contributed by atoms with van der Waals surface area (Å²) in [5.41, 5.74) is 3.99. The normalized spacial score (nSPS) is 13.4. The van der Waals surface area contributed by atoms with Gasteiger partial charge in [0.05, 0.1) is 32.7 Å². The van der Waals surface area contributed by atoms with Crippen LogP contribution in [0.3, 0.4) is 0 Å². The smallest absolute Gasteiger partial charge is 0.323 e. The van der Waals surface area contributed by atoms with E-state index in [4.69, 9.17) is 14.2 Å². The number of ether oxygens (including phenoxy) is 3. The molecule has 0 saturated heterocycles. The number of methoxy groups -OCH3 is 3. The highest BCUT2D eigenvalue weighted by molar-refractivity contribution is 8.03. The zero-order valence-corrected chi connectivity index (χ0v) is 24.9. The van der Waals surface area contributed by atoms with E-state index in [-0.39, 0.29) is 5.50 Å². The number of rotatable bonds is 8. The third-order valence-corrected chi connectivity index (χ3v) is 6.13. The minimum absolute atomic E-state index is 0.0430. The van der Waals surface area contributed by atoms with Crippen LogP contribution in [0.5, 0.6) is 17.2 Å². The lowest BCUT2D eigenvalue weighted by atomic mass is 10.2. The van der Waals surface area contributed by atoms with E-state index in [1.54, 1.807) is 30.1 Å². The van der Waals surface area contributed by atoms with Gasteiger partial charge in [-0.15, -0.1) is 0 Å². The Morgan fingerprint density at radius 3 is 2.12 bits per heavy atom. The molecule has 0 radical (unpaired) electrons. The van der Waals surface area contributed by atoms with Crippen molar-refractivity contribution in [3.63, 3.8) is 0 Å². The predicted octanol–water partition coefficient (Wildman–Crippen LogP) is 7.39. The number of pyridine rings is 1. The highest BCUT2D eigenvalue weighted by Crippen LogP contribution is 2.40. The SMILES string of the molecule is C/C=C\C.CC.COc1cc(NC(=O)Nc2cccc(NC3NC(c4cccnc4)=CS3)c2)cc(OC)c1OC. The number of amides is 2. The first-order chi connectivity index (χ1) is 19.5. The van der Waals surface area contributed by atoms with Crippen LogP contribution in [0.4, 0.5) is 21.9 Å². The standard InChI is InChI=1S/C24H25N5O4S.C4H8.C2H6/c1-31-20-11-18(12-21(32-2)22(20)33-3)27-23(30)26-16-7-4-8-17(10-16)28-24-29-19(14-34-24)15-6-5-9-25-13-15;1-3-4-2;1-2/h4-14,24,28-29H,1-3H3,(H2,26,27,30);3-4H,1-2H3;1-2H3/b;4-3-;. The van der Waals surface area contributed by atoms with Crippen molar-refractivity contribution in [2.45, 2.75) is 33.2 Å². The van der Waals surface area contributed by atoms with E-state index < -0.39 is 6.03 Å². The average Bonchev–Trinajstić information content (AvgIpc) is 3.46. The number of urea groups is 1. The summed E-state index contributed by atoms with van der Waals surface area (Å²) in [7, 11) is 4.56. The summed E-state index contributed by atoms with van der Waals surface area (Å²) in [6.07, 6.45) is 7.57. The quantitative estimate of drug-likeness (QED) is 0.210. The number of carbonyl (C=O) groups is 1. The number of aromatic nitrogens is 1. The first-order valence-corrected chi connectivity index (χ1v) is 13.8. The number of allylic oxidation sites excluding steroid dienone is 2. The van der Waals surface area contributed by atoms with E-state index >= 15 is 0 Å². The highest BCUT2D eigenvalue weighted by atomic mass is 32.2. The topological polar surface area (TPSA) is 106 Å². The Bertz CT molecular complexity index is 1240. The molecule has 10 heteroatoms. The van der Waals surface area contributed by atoms with Crippen LogP contribution >= 0.6 is 11.8 Å². The Morgan fingerprint density at radius 1 is 0.900 bits per heavy atom. The molecular weight excluding hydrogens is 526 g/mol. The molecule has 1 aromatic heterocycles. The molecule has 1 atom stereocenters. The molecule has 40 heavy (non-hydrogen) atoms. The first-order valence-electron chi connectivity index (χ1n) is 12.9. The summed E-state index contributed by atoms with van der Waals surface area (Å²) in [6.45, 7) is 8.00. The Labute approximate surface area is 241 Å². The first kappa shape index (κ1) is 31.9. The molecule has 0 aliphatic carbocycles. The molecule has 4 N–H and O–H groups in total. The summed E-state index contributed by atoms with van der Waals surface area (Å²) in [6, 6.07) is 14.3. The average molecular weight is 566 g/mol. The van der Waals surface area contributed by atoms with E-state index in [9.17, 15) is 4.79 Å². The van der Waals surface area contributed by atoms with Gasteiger partial charge in [0.25, 0.3) is 0 Å². The van der Waals surface area contributed by atoms with Crippen molar-refractivity contribution in [3.8, 4) is 17.2 Å². The lowest BCUT2D eigenvalue weighted by Crippen LogP contribution is -2.28. The monoisotopic (exact) mass is 565 g/mol. The second kappa shape index (κ2) is 17.3. The van der Waals surface area contributed by atoms with Crippen molar-refractivity contribution in [2.24, 2.45) is 0 Å². The van der Waals surface area contributed by atoms with Gasteiger partial charge in [0, 0.05) is 41.5 Å². The number of nitrogens with one attached hydrogen (secondary N) is 4. The Balaban J connectivity index is 0.000000858. The fourth-order valence-corrected chi connectivity index (χ4v) is 4.25. The number of nitrogens with zero attached hydrogens (tertiary/aromatic N) is 1. The predicted molar refractivity (Wildman–Crippen MR) is 167 cm³/mol. The summed E-state index contributed by atoms with van der Waals surface area (Å²) in [4.78, 5) is 16.8. The number of hydrogen-bond acceptors (Lipinski definition) is 8. The minimum Gasteiger partial charge on any atom is -0.493 e. The summed E-state index contributed by atoms with van der Waals surface area (Å²) >= 11 is 1.63. The van der Waals surface area contributed by atoms with Gasteiger partial charge in [-0.3, -0.25) is 4.98 Å². The van der Waals surface area contributed by atoms with Crippen LogP contribution in [-0.4, -0.2) is 37.8 Å².